The van der Waals surface area contributed by atoms with Crippen LogP contribution < -0.4 is 0 Å². The summed E-state index contributed by atoms with van der Waals surface area (Å²) in [6, 6.07) is 10.9. The Morgan fingerprint density at radius 3 is 2.45 bits per heavy atom. The molecule has 0 aliphatic heterocycles. The third kappa shape index (κ3) is 2.24. The Labute approximate surface area is 127 Å². The van der Waals surface area contributed by atoms with E-state index in [2.05, 4.69) is 11.5 Å². The monoisotopic (exact) mass is 296 g/mol. The third-order valence-electron chi connectivity index (χ3n) is 3.89. The standard InChI is InChI=1S/C17H16N2O3/c1-2-8-18-16-5-3-12(7-9-20)10-14(16)15-11-13(19(21)22)4-6-17(15)18/h3-6,9-11H,2,7-8H2,1H3. The SMILES string of the molecule is CCCn1c2ccc(CC=O)cc2c2cc([N+](=O)[O-])ccc21. The van der Waals surface area contributed by atoms with Gasteiger partial charge in [0.25, 0.3) is 5.69 Å². The Morgan fingerprint density at radius 1 is 1.14 bits per heavy atom. The normalized spacial score (nSPS) is 11.1. The van der Waals surface area contributed by atoms with E-state index >= 15 is 0 Å². The number of nitrogens with zero attached hydrogens (tertiary/aromatic N) is 2. The van der Waals surface area contributed by atoms with Crippen LogP contribution in [-0.4, -0.2) is 15.8 Å². The van der Waals surface area contributed by atoms with Crippen LogP contribution in [0.4, 0.5) is 5.69 Å². The number of aldehydes is 1. The second-order valence-electron chi connectivity index (χ2n) is 5.33. The van der Waals surface area contributed by atoms with Crippen LogP contribution in [0.5, 0.6) is 0 Å². The molecule has 0 amide bonds. The van der Waals surface area contributed by atoms with Crippen molar-refractivity contribution in [2.24, 2.45) is 0 Å². The number of hydrogen-bond donors (Lipinski definition) is 0. The Balaban J connectivity index is 2.36. The van der Waals surface area contributed by atoms with Gasteiger partial charge in [0.1, 0.15) is 6.29 Å². The van der Waals surface area contributed by atoms with Crippen LogP contribution in [0, 0.1) is 10.1 Å². The molecule has 0 unspecified atom stereocenters. The highest BCUT2D eigenvalue weighted by Crippen LogP contribution is 2.32. The van der Waals surface area contributed by atoms with Crippen molar-refractivity contribution >= 4 is 33.8 Å². The molecule has 0 aliphatic carbocycles. The van der Waals surface area contributed by atoms with Gasteiger partial charge in [-0.2, -0.15) is 0 Å². The van der Waals surface area contributed by atoms with Crippen LogP contribution in [0.1, 0.15) is 18.9 Å². The highest BCUT2D eigenvalue weighted by molar-refractivity contribution is 6.09. The lowest BCUT2D eigenvalue weighted by Crippen LogP contribution is -1.96. The predicted molar refractivity (Wildman–Crippen MR) is 86.2 cm³/mol. The molecule has 112 valence electrons. The Bertz CT molecular complexity index is 880. The fourth-order valence-corrected chi connectivity index (χ4v) is 2.94. The van der Waals surface area contributed by atoms with E-state index in [1.54, 1.807) is 12.1 Å². The Hall–Kier alpha value is -2.69. The number of hydrogen-bond acceptors (Lipinski definition) is 3. The molecule has 5 nitrogen and oxygen atoms in total. The fourth-order valence-electron chi connectivity index (χ4n) is 2.94. The summed E-state index contributed by atoms with van der Waals surface area (Å²) in [6.07, 6.45) is 2.20. The minimum atomic E-state index is -0.377. The molecule has 5 heteroatoms. The first-order valence-corrected chi connectivity index (χ1v) is 7.28. The zero-order valence-corrected chi connectivity index (χ0v) is 12.3. The predicted octanol–water partition coefficient (Wildman–Crippen LogP) is 3.85. The number of fused-ring (bicyclic) bond motifs is 3. The Morgan fingerprint density at radius 2 is 1.82 bits per heavy atom. The van der Waals surface area contributed by atoms with E-state index in [-0.39, 0.29) is 10.6 Å². The third-order valence-corrected chi connectivity index (χ3v) is 3.89. The van der Waals surface area contributed by atoms with Crippen molar-refractivity contribution in [3.63, 3.8) is 0 Å². The molecule has 0 N–H and O–H groups in total. The second kappa shape index (κ2) is 5.60. The number of carbonyl (C=O) groups is 1. The number of carbonyl (C=O) groups excluding carboxylic acids is 1. The van der Waals surface area contributed by atoms with Crippen molar-refractivity contribution in [1.82, 2.24) is 4.57 Å². The number of non-ortho nitro benzene ring substituents is 1. The average Bonchev–Trinajstić information content (AvgIpc) is 2.81. The molecule has 3 aromatic rings. The molecule has 0 fully saturated rings. The zero-order chi connectivity index (χ0) is 15.7. The lowest BCUT2D eigenvalue weighted by molar-refractivity contribution is -0.384. The van der Waals surface area contributed by atoms with Gasteiger partial charge in [0.2, 0.25) is 0 Å². The van der Waals surface area contributed by atoms with Gasteiger partial charge in [-0.3, -0.25) is 10.1 Å². The van der Waals surface area contributed by atoms with Crippen molar-refractivity contribution in [1.29, 1.82) is 0 Å². The molecular formula is C17H16N2O3. The van der Waals surface area contributed by atoms with Gasteiger partial charge < -0.3 is 9.36 Å². The number of rotatable bonds is 5. The molecular weight excluding hydrogens is 280 g/mol. The van der Waals surface area contributed by atoms with Crippen LogP contribution >= 0.6 is 0 Å². The van der Waals surface area contributed by atoms with Gasteiger partial charge in [-0.05, 0) is 30.2 Å². The van der Waals surface area contributed by atoms with Gasteiger partial charge in [0, 0.05) is 46.9 Å². The Kier molecular flexibility index (Phi) is 3.63. The molecule has 0 radical (unpaired) electrons. The molecule has 0 saturated carbocycles. The minimum absolute atomic E-state index is 0.0869. The first kappa shape index (κ1) is 14.3. The molecule has 0 aliphatic rings. The van der Waals surface area contributed by atoms with Crippen LogP contribution in [0.3, 0.4) is 0 Å². The molecule has 1 heterocycles. The van der Waals surface area contributed by atoms with Crippen molar-refractivity contribution in [2.75, 3.05) is 0 Å². The maximum Gasteiger partial charge on any atom is 0.270 e. The number of aryl methyl sites for hydroxylation is 1. The summed E-state index contributed by atoms with van der Waals surface area (Å²) in [5.74, 6) is 0. The van der Waals surface area contributed by atoms with Crippen molar-refractivity contribution < 1.29 is 9.72 Å². The summed E-state index contributed by atoms with van der Waals surface area (Å²) < 4.78 is 2.18. The van der Waals surface area contributed by atoms with Crippen LogP contribution in [-0.2, 0) is 17.8 Å². The highest BCUT2D eigenvalue weighted by Gasteiger charge is 2.14. The molecule has 0 atom stereocenters. The van der Waals surface area contributed by atoms with Gasteiger partial charge in [0.05, 0.1) is 4.92 Å². The first-order valence-electron chi connectivity index (χ1n) is 7.28. The lowest BCUT2D eigenvalue weighted by atomic mass is 10.1. The molecule has 2 aromatic carbocycles. The zero-order valence-electron chi connectivity index (χ0n) is 12.3. The van der Waals surface area contributed by atoms with E-state index in [1.165, 1.54) is 0 Å². The summed E-state index contributed by atoms with van der Waals surface area (Å²) in [7, 11) is 0. The van der Waals surface area contributed by atoms with E-state index in [9.17, 15) is 14.9 Å². The van der Waals surface area contributed by atoms with Gasteiger partial charge in [-0.25, -0.2) is 0 Å². The van der Waals surface area contributed by atoms with Crippen LogP contribution in [0.15, 0.2) is 36.4 Å². The number of aromatic nitrogens is 1. The van der Waals surface area contributed by atoms with Crippen LogP contribution in [0.25, 0.3) is 21.8 Å². The molecule has 0 spiro atoms. The summed E-state index contributed by atoms with van der Waals surface area (Å²) in [5.41, 5.74) is 3.05. The van der Waals surface area contributed by atoms with Gasteiger partial charge in [-0.1, -0.05) is 13.0 Å². The maximum atomic E-state index is 11.0. The summed E-state index contributed by atoms with van der Waals surface area (Å²) in [6.45, 7) is 2.95. The summed E-state index contributed by atoms with van der Waals surface area (Å²) >= 11 is 0. The van der Waals surface area contributed by atoms with Gasteiger partial charge in [-0.15, -0.1) is 0 Å². The molecule has 0 bridgehead atoms. The van der Waals surface area contributed by atoms with E-state index < -0.39 is 0 Å². The van der Waals surface area contributed by atoms with Crippen molar-refractivity contribution in [3.8, 4) is 0 Å². The van der Waals surface area contributed by atoms with Gasteiger partial charge in [0.15, 0.2) is 0 Å². The lowest BCUT2D eigenvalue weighted by Gasteiger charge is -2.05. The summed E-state index contributed by atoms with van der Waals surface area (Å²) in [5, 5.41) is 12.9. The molecule has 1 aromatic heterocycles. The quantitative estimate of drug-likeness (QED) is 0.408. The maximum absolute atomic E-state index is 11.0. The highest BCUT2D eigenvalue weighted by atomic mass is 16.6. The molecule has 22 heavy (non-hydrogen) atoms. The fraction of sp³-hybridized carbons (Fsp3) is 0.235. The number of benzene rings is 2. The smallest absolute Gasteiger partial charge is 0.270 e. The minimum Gasteiger partial charge on any atom is -0.340 e. The van der Waals surface area contributed by atoms with Gasteiger partial charge >= 0.3 is 0 Å². The number of nitro groups is 1. The van der Waals surface area contributed by atoms with E-state index in [0.29, 0.717) is 6.42 Å². The topological polar surface area (TPSA) is 65.1 Å². The molecule has 0 saturated heterocycles. The summed E-state index contributed by atoms with van der Waals surface area (Å²) in [4.78, 5) is 21.4. The van der Waals surface area contributed by atoms with E-state index in [0.717, 1.165) is 46.6 Å². The second-order valence-corrected chi connectivity index (χ2v) is 5.33. The number of nitro benzene ring substituents is 1. The van der Waals surface area contributed by atoms with E-state index in [4.69, 9.17) is 0 Å². The molecule has 3 rings (SSSR count). The van der Waals surface area contributed by atoms with Crippen LogP contribution in [0.2, 0.25) is 0 Å². The largest absolute Gasteiger partial charge is 0.340 e. The van der Waals surface area contributed by atoms with Crippen molar-refractivity contribution in [3.05, 3.63) is 52.1 Å². The van der Waals surface area contributed by atoms with E-state index in [1.807, 2.05) is 24.3 Å². The van der Waals surface area contributed by atoms with Crippen molar-refractivity contribution in [2.45, 2.75) is 26.3 Å². The first-order chi connectivity index (χ1) is 10.7. The average molecular weight is 296 g/mol.